The summed E-state index contributed by atoms with van der Waals surface area (Å²) in [7, 11) is 0. The molecule has 0 aromatic heterocycles. The quantitative estimate of drug-likeness (QED) is 0.302. The standard InChI is InChI=1S/C8H5NO4/c10-3-1-2-4(11)6-5(3)7(12)8(13)9-6/h1-2,10-11H,(H,9,12,13). The van der Waals surface area contributed by atoms with Gasteiger partial charge in [0, 0.05) is 0 Å². The average molecular weight is 179 g/mol. The fourth-order valence-electron chi connectivity index (χ4n) is 1.22. The number of phenolic OH excluding ortho intramolecular Hbond substituents is 2. The molecule has 0 radical (unpaired) electrons. The van der Waals surface area contributed by atoms with E-state index in [4.69, 9.17) is 0 Å². The second-order valence-electron chi connectivity index (χ2n) is 2.64. The van der Waals surface area contributed by atoms with Crippen LogP contribution < -0.4 is 5.32 Å². The van der Waals surface area contributed by atoms with Gasteiger partial charge in [-0.2, -0.15) is 0 Å². The van der Waals surface area contributed by atoms with Crippen molar-refractivity contribution in [3.63, 3.8) is 0 Å². The van der Waals surface area contributed by atoms with Crippen molar-refractivity contribution in [1.82, 2.24) is 0 Å². The number of carbonyl (C=O) groups excluding carboxylic acids is 2. The first kappa shape index (κ1) is 7.60. The van der Waals surface area contributed by atoms with Crippen molar-refractivity contribution in [2.75, 3.05) is 5.32 Å². The van der Waals surface area contributed by atoms with Crippen molar-refractivity contribution < 1.29 is 19.8 Å². The average Bonchev–Trinajstić information content (AvgIpc) is 2.38. The lowest BCUT2D eigenvalue weighted by molar-refractivity contribution is -0.112. The first-order valence-corrected chi connectivity index (χ1v) is 3.52. The summed E-state index contributed by atoms with van der Waals surface area (Å²) in [5.41, 5.74) is -0.181. The van der Waals surface area contributed by atoms with E-state index in [1.54, 1.807) is 0 Å². The molecule has 0 saturated heterocycles. The number of fused-ring (bicyclic) bond motifs is 1. The lowest BCUT2D eigenvalue weighted by Gasteiger charge is -2.01. The first-order chi connectivity index (χ1) is 6.11. The van der Waals surface area contributed by atoms with Gasteiger partial charge in [-0.05, 0) is 12.1 Å². The molecule has 0 fully saturated rings. The molecule has 0 unspecified atom stereocenters. The van der Waals surface area contributed by atoms with Crippen molar-refractivity contribution in [2.45, 2.75) is 0 Å². The molecule has 3 N–H and O–H groups in total. The van der Waals surface area contributed by atoms with E-state index >= 15 is 0 Å². The molecule has 2 rings (SSSR count). The number of rotatable bonds is 0. The van der Waals surface area contributed by atoms with Gasteiger partial charge in [0.25, 0.3) is 11.7 Å². The van der Waals surface area contributed by atoms with Crippen molar-refractivity contribution in [1.29, 1.82) is 0 Å². The van der Waals surface area contributed by atoms with Crippen LogP contribution in [-0.2, 0) is 4.79 Å². The molecule has 1 aliphatic heterocycles. The van der Waals surface area contributed by atoms with E-state index in [1.165, 1.54) is 6.07 Å². The van der Waals surface area contributed by atoms with E-state index in [-0.39, 0.29) is 22.7 Å². The van der Waals surface area contributed by atoms with Crippen LogP contribution in [0, 0.1) is 0 Å². The molecule has 1 aromatic rings. The SMILES string of the molecule is O=C1Nc2c(O)ccc(O)c2C1=O. The second-order valence-corrected chi connectivity index (χ2v) is 2.64. The molecule has 1 aromatic carbocycles. The Bertz CT molecular complexity index is 424. The van der Waals surface area contributed by atoms with Gasteiger partial charge in [0.2, 0.25) is 0 Å². The van der Waals surface area contributed by atoms with Crippen molar-refractivity contribution in [3.8, 4) is 11.5 Å². The summed E-state index contributed by atoms with van der Waals surface area (Å²) in [4.78, 5) is 21.9. The topological polar surface area (TPSA) is 86.6 Å². The molecule has 13 heavy (non-hydrogen) atoms. The molecule has 0 spiro atoms. The Hall–Kier alpha value is -2.04. The number of hydrogen-bond acceptors (Lipinski definition) is 4. The van der Waals surface area contributed by atoms with Gasteiger partial charge in [-0.15, -0.1) is 0 Å². The number of amides is 1. The molecule has 66 valence electrons. The van der Waals surface area contributed by atoms with Crippen LogP contribution >= 0.6 is 0 Å². The van der Waals surface area contributed by atoms with Crippen LogP contribution in [0.15, 0.2) is 12.1 Å². The third kappa shape index (κ3) is 0.868. The number of benzene rings is 1. The number of nitrogens with one attached hydrogen (secondary N) is 1. The van der Waals surface area contributed by atoms with Crippen LogP contribution in [0.2, 0.25) is 0 Å². The van der Waals surface area contributed by atoms with Crippen LogP contribution in [0.4, 0.5) is 5.69 Å². The Labute approximate surface area is 72.6 Å². The molecule has 1 heterocycles. The molecule has 0 aliphatic carbocycles. The van der Waals surface area contributed by atoms with Gasteiger partial charge in [-0.25, -0.2) is 0 Å². The highest BCUT2D eigenvalue weighted by atomic mass is 16.3. The summed E-state index contributed by atoms with van der Waals surface area (Å²) < 4.78 is 0. The Morgan fingerprint density at radius 3 is 2.31 bits per heavy atom. The number of carbonyl (C=O) groups is 2. The van der Waals surface area contributed by atoms with Gasteiger partial charge in [0.1, 0.15) is 11.5 Å². The summed E-state index contributed by atoms with van der Waals surface area (Å²) in [6, 6.07) is 2.36. The van der Waals surface area contributed by atoms with Gasteiger partial charge in [-0.3, -0.25) is 9.59 Å². The van der Waals surface area contributed by atoms with Gasteiger partial charge in [-0.1, -0.05) is 0 Å². The predicted molar refractivity (Wildman–Crippen MR) is 42.7 cm³/mol. The van der Waals surface area contributed by atoms with Gasteiger partial charge < -0.3 is 15.5 Å². The van der Waals surface area contributed by atoms with E-state index in [0.29, 0.717) is 0 Å². The first-order valence-electron chi connectivity index (χ1n) is 3.52. The number of ketones is 1. The predicted octanol–water partition coefficient (Wildman–Crippen LogP) is 0.233. The Morgan fingerprint density at radius 1 is 1.08 bits per heavy atom. The third-order valence-corrected chi connectivity index (χ3v) is 1.83. The molecular formula is C8H5NO4. The summed E-state index contributed by atoms with van der Waals surface area (Å²) in [6.45, 7) is 0. The normalized spacial score (nSPS) is 14.2. The number of Topliss-reactive ketones (excluding diaryl/α,β-unsaturated/α-hetero) is 1. The lowest BCUT2D eigenvalue weighted by Crippen LogP contribution is -2.12. The Morgan fingerprint density at radius 2 is 1.69 bits per heavy atom. The Balaban J connectivity index is 2.75. The summed E-state index contributed by atoms with van der Waals surface area (Å²) >= 11 is 0. The van der Waals surface area contributed by atoms with Crippen LogP contribution in [0.3, 0.4) is 0 Å². The zero-order valence-electron chi connectivity index (χ0n) is 6.37. The van der Waals surface area contributed by atoms with E-state index < -0.39 is 11.7 Å². The van der Waals surface area contributed by atoms with Crippen LogP contribution in [0.25, 0.3) is 0 Å². The maximum Gasteiger partial charge on any atom is 0.297 e. The molecule has 0 atom stereocenters. The molecule has 1 aliphatic rings. The van der Waals surface area contributed by atoms with Crippen LogP contribution in [0.5, 0.6) is 11.5 Å². The highest BCUT2D eigenvalue weighted by Crippen LogP contribution is 2.37. The molecule has 5 heteroatoms. The zero-order chi connectivity index (χ0) is 9.59. The molecule has 5 nitrogen and oxygen atoms in total. The van der Waals surface area contributed by atoms with E-state index in [0.717, 1.165) is 6.07 Å². The van der Waals surface area contributed by atoms with Crippen LogP contribution in [-0.4, -0.2) is 21.9 Å². The summed E-state index contributed by atoms with van der Waals surface area (Å²) in [6.07, 6.45) is 0. The maximum absolute atomic E-state index is 11.1. The van der Waals surface area contributed by atoms with Gasteiger partial charge in [0.15, 0.2) is 0 Å². The zero-order valence-corrected chi connectivity index (χ0v) is 6.37. The maximum atomic E-state index is 11.1. The largest absolute Gasteiger partial charge is 0.507 e. The fourth-order valence-corrected chi connectivity index (χ4v) is 1.22. The smallest absolute Gasteiger partial charge is 0.297 e. The number of hydrogen-bond donors (Lipinski definition) is 3. The molecule has 0 saturated carbocycles. The highest BCUT2D eigenvalue weighted by Gasteiger charge is 2.33. The summed E-state index contributed by atoms with van der Waals surface area (Å²) in [5, 5.41) is 20.6. The minimum Gasteiger partial charge on any atom is -0.507 e. The number of aromatic hydroxyl groups is 2. The molecule has 0 bridgehead atoms. The lowest BCUT2D eigenvalue weighted by atomic mass is 10.1. The number of phenols is 2. The van der Waals surface area contributed by atoms with Crippen molar-refractivity contribution in [3.05, 3.63) is 17.7 Å². The van der Waals surface area contributed by atoms with E-state index in [1.807, 2.05) is 0 Å². The Kier molecular flexibility index (Phi) is 1.30. The second kappa shape index (κ2) is 2.22. The summed E-state index contributed by atoms with van der Waals surface area (Å²) in [5.74, 6) is -2.21. The highest BCUT2D eigenvalue weighted by molar-refractivity contribution is 6.52. The van der Waals surface area contributed by atoms with Crippen molar-refractivity contribution >= 4 is 17.4 Å². The van der Waals surface area contributed by atoms with E-state index in [9.17, 15) is 19.8 Å². The van der Waals surface area contributed by atoms with Gasteiger partial charge >= 0.3 is 0 Å². The van der Waals surface area contributed by atoms with Gasteiger partial charge in [0.05, 0.1) is 11.3 Å². The minimum absolute atomic E-state index is 0.0185. The van der Waals surface area contributed by atoms with Crippen molar-refractivity contribution in [2.24, 2.45) is 0 Å². The fraction of sp³-hybridized carbons (Fsp3) is 0. The van der Waals surface area contributed by atoms with Crippen LogP contribution in [0.1, 0.15) is 10.4 Å². The third-order valence-electron chi connectivity index (χ3n) is 1.83. The molecular weight excluding hydrogens is 174 g/mol. The minimum atomic E-state index is -0.841. The molecule has 1 amide bonds. The number of anilines is 1. The monoisotopic (exact) mass is 179 g/mol. The van der Waals surface area contributed by atoms with E-state index in [2.05, 4.69) is 5.32 Å².